The van der Waals surface area contributed by atoms with Crippen molar-refractivity contribution < 1.29 is 9.13 Å². The van der Waals surface area contributed by atoms with E-state index in [1.165, 1.54) is 18.5 Å². The van der Waals surface area contributed by atoms with Crippen LogP contribution in [0.4, 0.5) is 15.9 Å². The molecule has 30 heavy (non-hydrogen) atoms. The Bertz CT molecular complexity index is 1340. The highest BCUT2D eigenvalue weighted by molar-refractivity contribution is 6.00. The molecule has 0 atom stereocenters. The molecule has 2 aromatic carbocycles. The molecule has 0 saturated heterocycles. The summed E-state index contributed by atoms with van der Waals surface area (Å²) in [7, 11) is 0. The smallest absolute Gasteiger partial charge is 0.161 e. The lowest BCUT2D eigenvalue weighted by molar-refractivity contribution is 0.244. The number of fused-ring (bicyclic) bond motifs is 2. The zero-order chi connectivity index (χ0) is 20.7. The van der Waals surface area contributed by atoms with Gasteiger partial charge in [0.2, 0.25) is 0 Å². The first-order chi connectivity index (χ1) is 14.6. The maximum Gasteiger partial charge on any atom is 0.161 e. The summed E-state index contributed by atoms with van der Waals surface area (Å²) in [5.74, 6) is 0.918. The summed E-state index contributed by atoms with van der Waals surface area (Å²) in [5, 5.41) is 19.3. The number of hydrogen-bond donors (Lipinski definition) is 3. The van der Waals surface area contributed by atoms with Crippen molar-refractivity contribution in [2.75, 3.05) is 5.32 Å². The second kappa shape index (κ2) is 7.11. The molecule has 8 nitrogen and oxygen atoms in total. The van der Waals surface area contributed by atoms with Gasteiger partial charge in [-0.2, -0.15) is 10.2 Å². The molecule has 3 aromatic heterocycles. The Morgan fingerprint density at radius 1 is 1.07 bits per heavy atom. The molecule has 3 N–H and O–H groups in total. The highest BCUT2D eigenvalue weighted by Gasteiger charge is 2.17. The fourth-order valence-electron chi connectivity index (χ4n) is 3.32. The molecule has 5 rings (SSSR count). The number of anilines is 2. The van der Waals surface area contributed by atoms with E-state index in [1.807, 2.05) is 26.0 Å². The van der Waals surface area contributed by atoms with Crippen LogP contribution in [0.3, 0.4) is 0 Å². The van der Waals surface area contributed by atoms with E-state index in [-0.39, 0.29) is 11.9 Å². The maximum atomic E-state index is 13.4. The lowest BCUT2D eigenvalue weighted by Gasteiger charge is -2.16. The Kier molecular flexibility index (Phi) is 4.27. The van der Waals surface area contributed by atoms with E-state index in [0.29, 0.717) is 28.3 Å². The Morgan fingerprint density at radius 3 is 2.70 bits per heavy atom. The quantitative estimate of drug-likeness (QED) is 0.397. The van der Waals surface area contributed by atoms with E-state index in [4.69, 9.17) is 4.74 Å². The van der Waals surface area contributed by atoms with Gasteiger partial charge in [0.1, 0.15) is 29.4 Å². The standard InChI is InChI=1S/C21H18FN7O/c1-11(2)30-17-8-15-13(9-25-27-15)7-16(17)26-20-18-19(12-3-5-14(22)6-4-12)28-29-21(18)24-10-23-20/h3-11H,1-2H3,(H,25,27)(H2,23,24,26,28,29). The maximum absolute atomic E-state index is 13.4. The minimum Gasteiger partial charge on any atom is -0.489 e. The molecule has 0 unspecified atom stereocenters. The van der Waals surface area contributed by atoms with Crippen LogP contribution in [0.1, 0.15) is 13.8 Å². The number of nitrogens with zero attached hydrogens (tertiary/aromatic N) is 4. The lowest BCUT2D eigenvalue weighted by Crippen LogP contribution is -2.08. The fraction of sp³-hybridized carbons (Fsp3) is 0.143. The van der Waals surface area contributed by atoms with Crippen molar-refractivity contribution in [1.29, 1.82) is 0 Å². The van der Waals surface area contributed by atoms with Gasteiger partial charge in [0.05, 0.1) is 28.9 Å². The van der Waals surface area contributed by atoms with Crippen molar-refractivity contribution in [3.8, 4) is 17.0 Å². The summed E-state index contributed by atoms with van der Waals surface area (Å²) >= 11 is 0. The molecule has 3 heterocycles. The number of halogens is 1. The number of aromatic nitrogens is 6. The van der Waals surface area contributed by atoms with E-state index < -0.39 is 0 Å². The van der Waals surface area contributed by atoms with Crippen LogP contribution in [0, 0.1) is 5.82 Å². The van der Waals surface area contributed by atoms with Crippen molar-refractivity contribution >= 4 is 33.4 Å². The number of ether oxygens (including phenoxy) is 1. The summed E-state index contributed by atoms with van der Waals surface area (Å²) in [6.45, 7) is 3.93. The number of rotatable bonds is 5. The van der Waals surface area contributed by atoms with Gasteiger partial charge in [0, 0.05) is 17.0 Å². The molecule has 0 spiro atoms. The SMILES string of the molecule is CC(C)Oc1cc2[nH]ncc2cc1Nc1ncnc2[nH]nc(-c3ccc(F)cc3)c12. The van der Waals surface area contributed by atoms with Gasteiger partial charge in [-0.1, -0.05) is 0 Å². The first-order valence-corrected chi connectivity index (χ1v) is 9.44. The summed E-state index contributed by atoms with van der Waals surface area (Å²) in [6.07, 6.45) is 3.19. The Morgan fingerprint density at radius 2 is 1.90 bits per heavy atom. The van der Waals surface area contributed by atoms with Crippen LogP contribution in [0.5, 0.6) is 5.75 Å². The molecule has 0 aliphatic rings. The molecule has 0 radical (unpaired) electrons. The van der Waals surface area contributed by atoms with Gasteiger partial charge in [-0.25, -0.2) is 14.4 Å². The number of hydrogen-bond acceptors (Lipinski definition) is 6. The number of H-pyrrole nitrogens is 2. The normalized spacial score (nSPS) is 11.5. The zero-order valence-corrected chi connectivity index (χ0v) is 16.3. The third kappa shape index (κ3) is 3.20. The number of nitrogens with one attached hydrogen (secondary N) is 3. The molecule has 5 aromatic rings. The number of benzene rings is 2. The number of aromatic amines is 2. The molecule has 9 heteroatoms. The molecule has 0 fully saturated rings. The predicted molar refractivity (Wildman–Crippen MR) is 112 cm³/mol. The summed E-state index contributed by atoms with van der Waals surface area (Å²) in [5.41, 5.74) is 3.57. The van der Waals surface area contributed by atoms with E-state index in [1.54, 1.807) is 18.3 Å². The van der Waals surface area contributed by atoms with Crippen LogP contribution in [-0.4, -0.2) is 36.5 Å². The van der Waals surface area contributed by atoms with Gasteiger partial charge in [-0.3, -0.25) is 10.2 Å². The average molecular weight is 403 g/mol. The molecule has 0 saturated carbocycles. The van der Waals surface area contributed by atoms with Crippen LogP contribution in [0.15, 0.2) is 48.9 Å². The van der Waals surface area contributed by atoms with E-state index in [9.17, 15) is 4.39 Å². The Balaban J connectivity index is 1.64. The van der Waals surface area contributed by atoms with E-state index >= 15 is 0 Å². The van der Waals surface area contributed by atoms with Gasteiger partial charge in [0.25, 0.3) is 0 Å². The highest BCUT2D eigenvalue weighted by Crippen LogP contribution is 2.36. The van der Waals surface area contributed by atoms with Crippen LogP contribution < -0.4 is 10.1 Å². The van der Waals surface area contributed by atoms with Gasteiger partial charge < -0.3 is 10.1 Å². The Hall–Kier alpha value is -4.01. The van der Waals surface area contributed by atoms with Gasteiger partial charge in [-0.15, -0.1) is 0 Å². The molecule has 0 aliphatic heterocycles. The molecular formula is C21H18FN7O. The summed E-state index contributed by atoms with van der Waals surface area (Å²) in [4.78, 5) is 8.70. The summed E-state index contributed by atoms with van der Waals surface area (Å²) < 4.78 is 19.4. The van der Waals surface area contributed by atoms with Gasteiger partial charge >= 0.3 is 0 Å². The average Bonchev–Trinajstić information content (AvgIpc) is 3.35. The molecule has 0 amide bonds. The van der Waals surface area contributed by atoms with Crippen molar-refractivity contribution in [2.24, 2.45) is 0 Å². The molecule has 0 aliphatic carbocycles. The topological polar surface area (TPSA) is 104 Å². The van der Waals surface area contributed by atoms with Crippen LogP contribution in [0.2, 0.25) is 0 Å². The fourth-order valence-corrected chi connectivity index (χ4v) is 3.32. The first-order valence-electron chi connectivity index (χ1n) is 9.44. The lowest BCUT2D eigenvalue weighted by atomic mass is 10.1. The third-order valence-electron chi connectivity index (χ3n) is 4.63. The molecular weight excluding hydrogens is 385 g/mol. The largest absolute Gasteiger partial charge is 0.489 e. The van der Waals surface area contributed by atoms with Gasteiger partial charge in [-0.05, 0) is 44.2 Å². The van der Waals surface area contributed by atoms with E-state index in [2.05, 4.69) is 35.7 Å². The van der Waals surface area contributed by atoms with Gasteiger partial charge in [0.15, 0.2) is 5.65 Å². The van der Waals surface area contributed by atoms with Crippen LogP contribution >= 0.6 is 0 Å². The van der Waals surface area contributed by atoms with Crippen molar-refractivity contribution in [3.05, 3.63) is 54.7 Å². The minimum atomic E-state index is -0.308. The third-order valence-corrected chi connectivity index (χ3v) is 4.63. The Labute approximate surface area is 170 Å². The molecule has 0 bridgehead atoms. The van der Waals surface area contributed by atoms with Crippen LogP contribution in [0.25, 0.3) is 33.2 Å². The predicted octanol–water partition coefficient (Wildman–Crippen LogP) is 4.57. The van der Waals surface area contributed by atoms with Crippen molar-refractivity contribution in [2.45, 2.75) is 20.0 Å². The van der Waals surface area contributed by atoms with Crippen LogP contribution in [-0.2, 0) is 0 Å². The zero-order valence-electron chi connectivity index (χ0n) is 16.3. The monoisotopic (exact) mass is 403 g/mol. The van der Waals surface area contributed by atoms with E-state index in [0.717, 1.165) is 22.2 Å². The first kappa shape index (κ1) is 18.0. The molecule has 150 valence electrons. The second-order valence-corrected chi connectivity index (χ2v) is 7.12. The summed E-state index contributed by atoms with van der Waals surface area (Å²) in [6, 6.07) is 9.99. The highest BCUT2D eigenvalue weighted by atomic mass is 19.1. The minimum absolute atomic E-state index is 0.0139. The van der Waals surface area contributed by atoms with Crippen molar-refractivity contribution in [3.63, 3.8) is 0 Å². The second-order valence-electron chi connectivity index (χ2n) is 7.12. The van der Waals surface area contributed by atoms with Crippen molar-refractivity contribution in [1.82, 2.24) is 30.4 Å².